The SMILES string of the molecule is CNCC(C)(C)C(=O)OCC(NC)C(C)(C)C(=O)OC(C)(C)C. The van der Waals surface area contributed by atoms with Crippen LogP contribution in [0.25, 0.3) is 0 Å². The lowest BCUT2D eigenvalue weighted by atomic mass is 9.84. The summed E-state index contributed by atoms with van der Waals surface area (Å²) in [6.07, 6.45) is 0. The van der Waals surface area contributed by atoms with Gasteiger partial charge in [0.25, 0.3) is 0 Å². The zero-order valence-corrected chi connectivity index (χ0v) is 16.1. The highest BCUT2D eigenvalue weighted by atomic mass is 16.6. The molecule has 1 unspecified atom stereocenters. The average Bonchev–Trinajstić information content (AvgIpc) is 2.36. The minimum Gasteiger partial charge on any atom is -0.464 e. The number of carbonyl (C=O) groups excluding carboxylic acids is 2. The number of esters is 2. The topological polar surface area (TPSA) is 76.7 Å². The van der Waals surface area contributed by atoms with Crippen LogP contribution in [0.3, 0.4) is 0 Å². The van der Waals surface area contributed by atoms with Crippen LogP contribution in [-0.4, -0.2) is 50.8 Å². The molecule has 6 nitrogen and oxygen atoms in total. The maximum absolute atomic E-state index is 12.4. The van der Waals surface area contributed by atoms with Gasteiger partial charge in [0.15, 0.2) is 0 Å². The molecule has 0 amide bonds. The fourth-order valence-corrected chi connectivity index (χ4v) is 2.07. The third kappa shape index (κ3) is 6.87. The van der Waals surface area contributed by atoms with Gasteiger partial charge in [-0.05, 0) is 62.6 Å². The predicted octanol–water partition coefficient (Wildman–Crippen LogP) is 1.73. The van der Waals surface area contributed by atoms with Crippen molar-refractivity contribution in [2.24, 2.45) is 10.8 Å². The van der Waals surface area contributed by atoms with Gasteiger partial charge in [-0.1, -0.05) is 0 Å². The van der Waals surface area contributed by atoms with Crippen LogP contribution in [0, 0.1) is 10.8 Å². The number of nitrogens with one attached hydrogen (secondary N) is 2. The van der Waals surface area contributed by atoms with Crippen molar-refractivity contribution in [3.8, 4) is 0 Å². The normalized spacial score (nSPS) is 14.3. The number of ether oxygens (including phenoxy) is 2. The summed E-state index contributed by atoms with van der Waals surface area (Å²) in [5.41, 5.74) is -2.00. The second-order valence-corrected chi connectivity index (χ2v) is 8.08. The summed E-state index contributed by atoms with van der Waals surface area (Å²) in [5, 5.41) is 6.03. The largest absolute Gasteiger partial charge is 0.464 e. The van der Waals surface area contributed by atoms with Gasteiger partial charge in [-0.2, -0.15) is 0 Å². The summed E-state index contributed by atoms with van der Waals surface area (Å²) in [7, 11) is 3.53. The van der Waals surface area contributed by atoms with Gasteiger partial charge >= 0.3 is 11.9 Å². The molecule has 136 valence electrons. The number of rotatable bonds is 8. The van der Waals surface area contributed by atoms with Crippen LogP contribution in [0.2, 0.25) is 0 Å². The summed E-state index contributed by atoms with van der Waals surface area (Å²) in [6, 6.07) is -0.341. The van der Waals surface area contributed by atoms with E-state index in [4.69, 9.17) is 9.47 Å². The smallest absolute Gasteiger partial charge is 0.313 e. The molecule has 0 bridgehead atoms. The molecule has 0 aliphatic carbocycles. The summed E-state index contributed by atoms with van der Waals surface area (Å²) in [5.74, 6) is -0.623. The Kier molecular flexibility index (Phi) is 7.70. The molecule has 0 spiro atoms. The van der Waals surface area contributed by atoms with Crippen LogP contribution in [0.15, 0.2) is 0 Å². The van der Waals surface area contributed by atoms with Gasteiger partial charge in [-0.25, -0.2) is 0 Å². The second-order valence-electron chi connectivity index (χ2n) is 8.08. The molecule has 23 heavy (non-hydrogen) atoms. The van der Waals surface area contributed by atoms with E-state index in [1.54, 1.807) is 27.9 Å². The molecule has 0 aromatic carbocycles. The highest BCUT2D eigenvalue weighted by Gasteiger charge is 2.40. The molecule has 6 heteroatoms. The third-order valence-corrected chi connectivity index (χ3v) is 3.70. The first-order chi connectivity index (χ1) is 10.3. The summed E-state index contributed by atoms with van der Waals surface area (Å²) < 4.78 is 10.9. The maximum Gasteiger partial charge on any atom is 0.313 e. The molecule has 0 saturated carbocycles. The van der Waals surface area contributed by atoms with Crippen molar-refractivity contribution in [2.45, 2.75) is 60.1 Å². The second kappa shape index (κ2) is 8.11. The highest BCUT2D eigenvalue weighted by Crippen LogP contribution is 2.26. The summed E-state index contributed by atoms with van der Waals surface area (Å²) in [6.45, 7) is 13.3. The van der Waals surface area contributed by atoms with Crippen molar-refractivity contribution in [1.82, 2.24) is 10.6 Å². The van der Waals surface area contributed by atoms with Crippen LogP contribution >= 0.6 is 0 Å². The molecule has 0 fully saturated rings. The Labute approximate surface area is 140 Å². The highest BCUT2D eigenvalue weighted by molar-refractivity contribution is 5.78. The van der Waals surface area contributed by atoms with E-state index in [9.17, 15) is 9.59 Å². The van der Waals surface area contributed by atoms with Gasteiger partial charge in [0, 0.05) is 6.54 Å². The van der Waals surface area contributed by atoms with E-state index >= 15 is 0 Å². The van der Waals surface area contributed by atoms with Gasteiger partial charge in [0.1, 0.15) is 12.2 Å². The Balaban J connectivity index is 4.88. The fraction of sp³-hybridized carbons (Fsp3) is 0.882. The molecule has 0 heterocycles. The molecule has 0 aliphatic heterocycles. The molecule has 1 atom stereocenters. The van der Waals surface area contributed by atoms with E-state index in [0.717, 1.165) is 0 Å². The lowest BCUT2D eigenvalue weighted by molar-refractivity contribution is -0.170. The molecular formula is C17H34N2O4. The number of carbonyl (C=O) groups is 2. The Morgan fingerprint density at radius 3 is 1.87 bits per heavy atom. The van der Waals surface area contributed by atoms with E-state index in [1.165, 1.54) is 0 Å². The van der Waals surface area contributed by atoms with Crippen molar-refractivity contribution in [3.63, 3.8) is 0 Å². The van der Waals surface area contributed by atoms with Crippen molar-refractivity contribution in [1.29, 1.82) is 0 Å². The van der Waals surface area contributed by atoms with Crippen LogP contribution in [0.1, 0.15) is 48.5 Å². The first kappa shape index (κ1) is 21.9. The van der Waals surface area contributed by atoms with E-state index < -0.39 is 16.4 Å². The zero-order valence-electron chi connectivity index (χ0n) is 16.1. The quantitative estimate of drug-likeness (QED) is 0.660. The van der Waals surface area contributed by atoms with Gasteiger partial charge in [0.05, 0.1) is 16.9 Å². The molecule has 0 rings (SSSR count). The first-order valence-corrected chi connectivity index (χ1v) is 8.00. The van der Waals surface area contributed by atoms with Gasteiger partial charge in [0.2, 0.25) is 0 Å². The lowest BCUT2D eigenvalue weighted by Crippen LogP contribution is -2.51. The summed E-state index contributed by atoms with van der Waals surface area (Å²) in [4.78, 5) is 24.6. The van der Waals surface area contributed by atoms with Gasteiger partial charge < -0.3 is 20.1 Å². The van der Waals surface area contributed by atoms with Gasteiger partial charge in [-0.3, -0.25) is 9.59 Å². The van der Waals surface area contributed by atoms with Crippen LogP contribution in [0.5, 0.6) is 0 Å². The molecule has 0 aliphatic rings. The van der Waals surface area contributed by atoms with Crippen molar-refractivity contribution in [3.05, 3.63) is 0 Å². The third-order valence-electron chi connectivity index (χ3n) is 3.70. The Bertz CT molecular complexity index is 411. The van der Waals surface area contributed by atoms with Crippen molar-refractivity contribution < 1.29 is 19.1 Å². The molecule has 0 aromatic rings. The van der Waals surface area contributed by atoms with E-state index in [2.05, 4.69) is 10.6 Å². The Morgan fingerprint density at radius 2 is 1.48 bits per heavy atom. The molecule has 0 saturated heterocycles. The number of hydrogen-bond acceptors (Lipinski definition) is 6. The van der Waals surface area contributed by atoms with Crippen LogP contribution in [0.4, 0.5) is 0 Å². The van der Waals surface area contributed by atoms with Crippen molar-refractivity contribution in [2.75, 3.05) is 27.2 Å². The zero-order chi connectivity index (χ0) is 18.5. The first-order valence-electron chi connectivity index (χ1n) is 8.00. The molecular weight excluding hydrogens is 296 g/mol. The minimum absolute atomic E-state index is 0.106. The summed E-state index contributed by atoms with van der Waals surface area (Å²) >= 11 is 0. The monoisotopic (exact) mass is 330 g/mol. The van der Waals surface area contributed by atoms with E-state index in [-0.39, 0.29) is 24.6 Å². The van der Waals surface area contributed by atoms with Crippen LogP contribution in [-0.2, 0) is 19.1 Å². The molecule has 0 radical (unpaired) electrons. The minimum atomic E-state index is -0.824. The van der Waals surface area contributed by atoms with Crippen molar-refractivity contribution >= 4 is 11.9 Å². The van der Waals surface area contributed by atoms with E-state index in [0.29, 0.717) is 6.54 Å². The lowest BCUT2D eigenvalue weighted by Gasteiger charge is -2.35. The Morgan fingerprint density at radius 1 is 0.957 bits per heavy atom. The molecule has 2 N–H and O–H groups in total. The number of hydrogen-bond donors (Lipinski definition) is 2. The predicted molar refractivity (Wildman–Crippen MR) is 91.1 cm³/mol. The Hall–Kier alpha value is -1.14. The maximum atomic E-state index is 12.4. The van der Waals surface area contributed by atoms with Gasteiger partial charge in [-0.15, -0.1) is 0 Å². The standard InChI is InChI=1S/C17H34N2O4/c1-15(2,3)23-14(21)17(6,7)12(19-9)10-22-13(20)16(4,5)11-18-8/h12,18-19H,10-11H2,1-9H3. The average molecular weight is 330 g/mol. The fourth-order valence-electron chi connectivity index (χ4n) is 2.07. The molecule has 0 aromatic heterocycles. The number of likely N-dealkylation sites (N-methyl/N-ethyl adjacent to an activating group) is 1. The van der Waals surface area contributed by atoms with E-state index in [1.807, 2.05) is 34.6 Å². The van der Waals surface area contributed by atoms with Crippen LogP contribution < -0.4 is 10.6 Å².